The van der Waals surface area contributed by atoms with E-state index in [1.807, 2.05) is 24.3 Å². The average Bonchev–Trinajstić information content (AvgIpc) is 2.86. The van der Waals surface area contributed by atoms with Crippen LogP contribution in [0.3, 0.4) is 0 Å². The monoisotopic (exact) mass is 515 g/mol. The van der Waals surface area contributed by atoms with E-state index in [0.29, 0.717) is 11.5 Å². The molecule has 1 aromatic carbocycles. The third-order valence-corrected chi connectivity index (χ3v) is 3.43. The molecule has 2 rings (SSSR count). The van der Waals surface area contributed by atoms with Crippen LogP contribution in [0.4, 0.5) is 5.69 Å². The molecule has 1 heterocycles. The van der Waals surface area contributed by atoms with Gasteiger partial charge < -0.3 is 14.9 Å². The van der Waals surface area contributed by atoms with E-state index in [4.69, 9.17) is 5.11 Å². The minimum Gasteiger partial charge on any atom is -0.396 e. The number of carbonyl (C=O) groups is 1. The molecule has 19 heavy (non-hydrogen) atoms. The second-order valence-electron chi connectivity index (χ2n) is 5.03. The first-order valence-corrected chi connectivity index (χ1v) is 6.29. The van der Waals surface area contributed by atoms with Gasteiger partial charge in [0.1, 0.15) is 0 Å². The summed E-state index contributed by atoms with van der Waals surface area (Å²) in [5, 5.41) is 9.13. The molecule has 0 aliphatic carbocycles. The van der Waals surface area contributed by atoms with Crippen molar-refractivity contribution in [1.82, 2.24) is 4.90 Å². The van der Waals surface area contributed by atoms with Crippen LogP contribution in [0, 0.1) is 5.92 Å². The van der Waals surface area contributed by atoms with Gasteiger partial charge in [0.25, 0.3) is 5.91 Å². The van der Waals surface area contributed by atoms with Gasteiger partial charge in [-0.15, -0.1) is 0 Å². The summed E-state index contributed by atoms with van der Waals surface area (Å²) in [4.78, 5) is 15.6. The second kappa shape index (κ2) is 5.87. The zero-order valence-electron chi connectivity index (χ0n) is 11.7. The number of carbonyl (C=O) groups excluding carboxylic acids is 1. The van der Waals surface area contributed by atoms with Gasteiger partial charge in [-0.3, -0.25) is 4.79 Å². The summed E-state index contributed by atoms with van der Waals surface area (Å²) < 4.78 is 0. The molecule has 1 fully saturated rings. The molecule has 1 atom stereocenters. The maximum Gasteiger partial charge on any atom is 0.253 e. The zero-order chi connectivity index (χ0) is 13.1. The fourth-order valence-corrected chi connectivity index (χ4v) is 2.29. The summed E-state index contributed by atoms with van der Waals surface area (Å²) in [7, 11) is 3.51. The van der Waals surface area contributed by atoms with Crippen LogP contribution in [0.1, 0.15) is 16.8 Å². The quantitative estimate of drug-likeness (QED) is 0.659. The molecular weight excluding hydrogens is 495 g/mol. The molecule has 0 aromatic heterocycles. The maximum absolute atomic E-state index is 11.8. The maximum atomic E-state index is 11.8. The summed E-state index contributed by atoms with van der Waals surface area (Å²) in [6.45, 7) is 2.14. The fraction of sp³-hybridized carbons (Fsp3) is 0.500. The molecule has 1 N–H and O–H groups in total. The summed E-state index contributed by atoms with van der Waals surface area (Å²) in [5.74, 6) is 0.407. The van der Waals surface area contributed by atoms with Gasteiger partial charge in [0.05, 0.1) is 0 Å². The Bertz CT molecular complexity index is 420. The van der Waals surface area contributed by atoms with Crippen LogP contribution in [0.25, 0.3) is 0 Å². The Morgan fingerprint density at radius 3 is 2.47 bits per heavy atom. The van der Waals surface area contributed by atoms with E-state index in [2.05, 4.69) is 4.90 Å². The van der Waals surface area contributed by atoms with E-state index in [1.165, 1.54) is 0 Å². The Balaban J connectivity index is 0.00000180. The first-order chi connectivity index (χ1) is 8.61. The van der Waals surface area contributed by atoms with Crippen LogP contribution < -0.4 is 4.90 Å². The summed E-state index contributed by atoms with van der Waals surface area (Å²) >= 11 is 0. The van der Waals surface area contributed by atoms with Crippen molar-refractivity contribution >= 4 is 11.6 Å². The minimum atomic E-state index is 0. The van der Waals surface area contributed by atoms with Crippen molar-refractivity contribution in [3.63, 3.8) is 0 Å². The Kier molecular flexibility index (Phi) is 4.48. The van der Waals surface area contributed by atoms with Crippen LogP contribution in [0.5, 0.6) is 0 Å². The number of rotatable bonds is 3. The molecule has 1 saturated heterocycles. The minimum absolute atomic E-state index is 0. The van der Waals surface area contributed by atoms with Gasteiger partial charge in [0, 0.05) is 51.0 Å². The van der Waals surface area contributed by atoms with Crippen molar-refractivity contribution in [3.05, 3.63) is 29.8 Å². The van der Waals surface area contributed by atoms with Gasteiger partial charge >= 0.3 is 0 Å². The van der Waals surface area contributed by atoms with E-state index < -0.39 is 0 Å². The van der Waals surface area contributed by atoms with E-state index in [1.54, 1.807) is 19.0 Å². The number of anilines is 1. The van der Waals surface area contributed by atoms with Crippen molar-refractivity contribution in [2.75, 3.05) is 38.7 Å². The van der Waals surface area contributed by atoms with Crippen LogP contribution >= 0.6 is 0 Å². The van der Waals surface area contributed by atoms with Crippen LogP contribution in [-0.4, -0.2) is 49.7 Å². The van der Waals surface area contributed by atoms with Crippen molar-refractivity contribution in [2.45, 2.75) is 6.42 Å². The average molecular weight is 515 g/mol. The van der Waals surface area contributed by atoms with Gasteiger partial charge in [-0.25, -0.2) is 0 Å². The van der Waals surface area contributed by atoms with Crippen molar-refractivity contribution in [2.24, 2.45) is 5.92 Å². The van der Waals surface area contributed by atoms with Gasteiger partial charge in [0.15, 0.2) is 0 Å². The van der Waals surface area contributed by atoms with E-state index in [-0.39, 0.29) is 12.5 Å². The number of aliphatic hydroxyl groups is 1. The number of hydrogen-bond donors (Lipinski definition) is 1. The molecule has 1 aliphatic rings. The van der Waals surface area contributed by atoms with Crippen LogP contribution in [0.15, 0.2) is 24.3 Å². The number of benzene rings is 1. The third kappa shape index (κ3) is 3.01. The van der Waals surface area contributed by atoms with Gasteiger partial charge in [0.2, 0.25) is 0 Å². The van der Waals surface area contributed by atoms with Crippen LogP contribution in [0.2, 0.25) is 0 Å². The van der Waals surface area contributed by atoms with E-state index in [9.17, 15) is 4.79 Å². The van der Waals surface area contributed by atoms with Gasteiger partial charge in [-0.1, -0.05) is 0 Å². The smallest absolute Gasteiger partial charge is 0.253 e. The molecule has 1 amide bonds. The molecule has 5 heteroatoms. The Morgan fingerprint density at radius 2 is 2.00 bits per heavy atom. The van der Waals surface area contributed by atoms with E-state index >= 15 is 0 Å². The molecule has 0 saturated carbocycles. The summed E-state index contributed by atoms with van der Waals surface area (Å²) in [5.41, 5.74) is 1.84. The SMILES string of the molecule is CN(C)C(=O)c1ccc(N2CCC(CO)C2)cc1.[Rf]. The Morgan fingerprint density at radius 1 is 1.37 bits per heavy atom. The molecule has 4 nitrogen and oxygen atoms in total. The summed E-state index contributed by atoms with van der Waals surface area (Å²) in [6.07, 6.45) is 1.04. The number of aliphatic hydroxyl groups excluding tert-OH is 1. The molecular formula is C14H20N2O2Rf. The number of nitrogens with zero attached hydrogens (tertiary/aromatic N) is 2. The molecule has 1 aliphatic heterocycles. The van der Waals surface area contributed by atoms with E-state index in [0.717, 1.165) is 25.2 Å². The standard InChI is InChI=1S/C14H20N2O2.Rf/c1-15(2)14(18)12-3-5-13(6-4-12)16-8-7-11(9-16)10-17;/h3-6,11,17H,7-10H2,1-2H3;. The summed E-state index contributed by atoms with van der Waals surface area (Å²) in [6, 6.07) is 7.70. The Labute approximate surface area is 108 Å². The first-order valence-electron chi connectivity index (χ1n) is 6.29. The number of hydrogen-bond acceptors (Lipinski definition) is 3. The predicted octanol–water partition coefficient (Wildman–Crippen LogP) is 1.21. The zero-order valence-corrected chi connectivity index (χ0v) is 18.1. The second-order valence-corrected chi connectivity index (χ2v) is 5.03. The number of amides is 1. The van der Waals surface area contributed by atoms with Crippen molar-refractivity contribution in [3.8, 4) is 0 Å². The first kappa shape index (κ1) is 14.5. The Hall–Kier alpha value is -2.55. The van der Waals surface area contributed by atoms with Crippen molar-refractivity contribution in [1.29, 1.82) is 0 Å². The van der Waals surface area contributed by atoms with Gasteiger partial charge in [-0.2, -0.15) is 0 Å². The molecule has 0 radical (unpaired) electrons. The molecule has 1 aromatic rings. The normalized spacial score (nSPS) is 18.1. The third-order valence-electron chi connectivity index (χ3n) is 3.43. The predicted molar refractivity (Wildman–Crippen MR) is 71.9 cm³/mol. The fourth-order valence-electron chi connectivity index (χ4n) is 2.29. The van der Waals surface area contributed by atoms with Crippen molar-refractivity contribution < 1.29 is 9.90 Å². The molecule has 100 valence electrons. The molecule has 1 unspecified atom stereocenters. The topological polar surface area (TPSA) is 43.8 Å². The molecule has 0 spiro atoms. The van der Waals surface area contributed by atoms with Crippen LogP contribution in [-0.2, 0) is 0 Å². The molecule has 0 bridgehead atoms. The van der Waals surface area contributed by atoms with Gasteiger partial charge in [-0.05, 0) is 30.7 Å². The largest absolute Gasteiger partial charge is 0.396 e.